The predicted molar refractivity (Wildman–Crippen MR) is 73.1 cm³/mol. The Hall–Kier alpha value is -1.60. The zero-order valence-electron chi connectivity index (χ0n) is 10.8. The Balaban J connectivity index is 2.07. The van der Waals surface area contributed by atoms with Crippen molar-refractivity contribution in [2.24, 2.45) is 5.73 Å². The molecule has 0 spiro atoms. The summed E-state index contributed by atoms with van der Waals surface area (Å²) in [5.74, 6) is -0.0997. The van der Waals surface area contributed by atoms with Crippen LogP contribution in [0, 0.1) is 5.82 Å². The van der Waals surface area contributed by atoms with E-state index in [0.29, 0.717) is 16.2 Å². The molecule has 0 radical (unpaired) electrons. The summed E-state index contributed by atoms with van der Waals surface area (Å²) in [4.78, 5) is 3.73. The lowest BCUT2D eigenvalue weighted by Crippen LogP contribution is -2.05. The molecule has 1 aromatic carbocycles. The molecule has 0 unspecified atom stereocenters. The first-order valence-corrected chi connectivity index (χ1v) is 7.02. The third kappa shape index (κ3) is 3.95. The Labute approximate surface area is 123 Å². The summed E-state index contributed by atoms with van der Waals surface area (Å²) in [5.41, 5.74) is 5.48. The van der Waals surface area contributed by atoms with Crippen LogP contribution in [0.5, 0.6) is 0 Å². The minimum Gasteiger partial charge on any atom is -0.326 e. The lowest BCUT2D eigenvalue weighted by Gasteiger charge is -2.08. The molecular weight excluding hydrogens is 304 g/mol. The highest BCUT2D eigenvalue weighted by Crippen LogP contribution is 2.30. The summed E-state index contributed by atoms with van der Waals surface area (Å²) in [6.07, 6.45) is -3.63. The highest BCUT2D eigenvalue weighted by Gasteiger charge is 2.30. The second-order valence-electron chi connectivity index (χ2n) is 4.27. The van der Waals surface area contributed by atoms with E-state index in [9.17, 15) is 17.6 Å². The number of hydrogen-bond donors (Lipinski definition) is 1. The van der Waals surface area contributed by atoms with E-state index >= 15 is 0 Å². The smallest absolute Gasteiger partial charge is 0.326 e. The van der Waals surface area contributed by atoms with Crippen LogP contribution in [0.25, 0.3) is 0 Å². The van der Waals surface area contributed by atoms with Gasteiger partial charge in [-0.3, -0.25) is 0 Å². The van der Waals surface area contributed by atoms with Gasteiger partial charge in [0.2, 0.25) is 0 Å². The number of nitrogens with zero attached hydrogens (tertiary/aromatic N) is 1. The number of benzene rings is 1. The number of hydrogen-bond acceptors (Lipinski definition) is 3. The van der Waals surface area contributed by atoms with Crippen molar-refractivity contribution in [3.63, 3.8) is 0 Å². The Kier molecular flexibility index (Phi) is 4.84. The van der Waals surface area contributed by atoms with Crippen LogP contribution >= 0.6 is 11.8 Å². The molecule has 21 heavy (non-hydrogen) atoms. The fourth-order valence-electron chi connectivity index (χ4n) is 1.69. The molecule has 112 valence electrons. The SMILES string of the molecule is NCc1cccc(CSc2ccc(C(F)(F)F)cn2)c1F. The van der Waals surface area contributed by atoms with Gasteiger partial charge >= 0.3 is 6.18 Å². The van der Waals surface area contributed by atoms with E-state index in [4.69, 9.17) is 5.73 Å². The number of nitrogens with two attached hydrogens (primary N) is 1. The van der Waals surface area contributed by atoms with E-state index < -0.39 is 11.7 Å². The van der Waals surface area contributed by atoms with Crippen LogP contribution in [0.1, 0.15) is 16.7 Å². The average Bonchev–Trinajstić information content (AvgIpc) is 2.46. The largest absolute Gasteiger partial charge is 0.417 e. The van der Waals surface area contributed by atoms with E-state index in [1.807, 2.05) is 0 Å². The lowest BCUT2D eigenvalue weighted by molar-refractivity contribution is -0.137. The number of thioether (sulfide) groups is 1. The van der Waals surface area contributed by atoms with Gasteiger partial charge < -0.3 is 5.73 Å². The van der Waals surface area contributed by atoms with E-state index in [2.05, 4.69) is 4.98 Å². The number of pyridine rings is 1. The maximum Gasteiger partial charge on any atom is 0.417 e. The third-order valence-corrected chi connectivity index (χ3v) is 3.81. The highest BCUT2D eigenvalue weighted by molar-refractivity contribution is 7.98. The predicted octanol–water partition coefficient (Wildman–Crippen LogP) is 3.99. The Morgan fingerprint density at radius 3 is 2.38 bits per heavy atom. The fourth-order valence-corrected chi connectivity index (χ4v) is 2.50. The molecule has 0 fully saturated rings. The van der Waals surface area contributed by atoms with Crippen LogP contribution in [0.15, 0.2) is 41.6 Å². The lowest BCUT2D eigenvalue weighted by atomic mass is 10.1. The van der Waals surface area contributed by atoms with Crippen LogP contribution in [0.3, 0.4) is 0 Å². The molecule has 0 aliphatic rings. The van der Waals surface area contributed by atoms with Gasteiger partial charge in [0.1, 0.15) is 5.82 Å². The van der Waals surface area contributed by atoms with Crippen molar-refractivity contribution < 1.29 is 17.6 Å². The van der Waals surface area contributed by atoms with Crippen LogP contribution < -0.4 is 5.73 Å². The number of rotatable bonds is 4. The van der Waals surface area contributed by atoms with Crippen molar-refractivity contribution in [2.75, 3.05) is 0 Å². The first-order chi connectivity index (χ1) is 9.91. The van der Waals surface area contributed by atoms with Gasteiger partial charge in [-0.25, -0.2) is 9.37 Å². The standard InChI is InChI=1S/C14H12F4N2S/c15-13-9(6-19)2-1-3-10(13)8-21-12-5-4-11(7-20-12)14(16,17)18/h1-5,7H,6,8,19H2. The Morgan fingerprint density at radius 1 is 1.10 bits per heavy atom. The molecule has 0 aliphatic carbocycles. The first kappa shape index (κ1) is 15.8. The summed E-state index contributed by atoms with van der Waals surface area (Å²) < 4.78 is 51.1. The molecule has 1 heterocycles. The topological polar surface area (TPSA) is 38.9 Å². The second-order valence-corrected chi connectivity index (χ2v) is 5.26. The quantitative estimate of drug-likeness (QED) is 0.685. The summed E-state index contributed by atoms with van der Waals surface area (Å²) in [7, 11) is 0. The van der Waals surface area contributed by atoms with Crippen molar-refractivity contribution in [2.45, 2.75) is 23.5 Å². The van der Waals surface area contributed by atoms with E-state index in [-0.39, 0.29) is 18.1 Å². The zero-order chi connectivity index (χ0) is 15.5. The third-order valence-electron chi connectivity index (χ3n) is 2.82. The van der Waals surface area contributed by atoms with E-state index in [1.165, 1.54) is 17.8 Å². The maximum absolute atomic E-state index is 13.9. The van der Waals surface area contributed by atoms with E-state index in [0.717, 1.165) is 12.3 Å². The molecule has 0 atom stereocenters. The summed E-state index contributed by atoms with van der Waals surface area (Å²) in [6, 6.07) is 7.15. The van der Waals surface area contributed by atoms with Crippen molar-refractivity contribution in [3.8, 4) is 0 Å². The van der Waals surface area contributed by atoms with Gasteiger partial charge in [-0.05, 0) is 17.7 Å². The van der Waals surface area contributed by atoms with Gasteiger partial charge in [-0.15, -0.1) is 11.8 Å². The van der Waals surface area contributed by atoms with Gasteiger partial charge in [0, 0.05) is 24.1 Å². The molecule has 0 saturated heterocycles. The molecule has 2 aromatic rings. The average molecular weight is 316 g/mol. The summed E-state index contributed by atoms with van der Waals surface area (Å²) >= 11 is 1.17. The molecule has 0 amide bonds. The van der Waals surface area contributed by atoms with Gasteiger partial charge in [0.15, 0.2) is 0 Å². The van der Waals surface area contributed by atoms with Gasteiger partial charge in [0.05, 0.1) is 10.6 Å². The Morgan fingerprint density at radius 2 is 1.81 bits per heavy atom. The molecule has 0 saturated carbocycles. The molecule has 2 rings (SSSR count). The molecule has 1 aromatic heterocycles. The molecule has 2 N–H and O–H groups in total. The van der Waals surface area contributed by atoms with Crippen LogP contribution in [0.4, 0.5) is 17.6 Å². The zero-order valence-corrected chi connectivity index (χ0v) is 11.6. The molecule has 7 heteroatoms. The molecular formula is C14H12F4N2S. The monoisotopic (exact) mass is 316 g/mol. The van der Waals surface area contributed by atoms with Crippen molar-refractivity contribution in [1.29, 1.82) is 0 Å². The normalized spacial score (nSPS) is 11.7. The van der Waals surface area contributed by atoms with Crippen molar-refractivity contribution in [1.82, 2.24) is 4.98 Å². The van der Waals surface area contributed by atoms with Crippen molar-refractivity contribution in [3.05, 3.63) is 59.0 Å². The summed E-state index contributed by atoms with van der Waals surface area (Å²) in [6.45, 7) is 0.100. The minimum atomic E-state index is -4.40. The second kappa shape index (κ2) is 6.44. The maximum atomic E-state index is 13.9. The number of aromatic nitrogens is 1. The summed E-state index contributed by atoms with van der Waals surface area (Å²) in [5, 5.41) is 0.403. The Bertz CT molecular complexity index is 611. The van der Waals surface area contributed by atoms with Gasteiger partial charge in [-0.1, -0.05) is 18.2 Å². The van der Waals surface area contributed by atoms with Crippen LogP contribution in [0.2, 0.25) is 0 Å². The van der Waals surface area contributed by atoms with Gasteiger partial charge in [-0.2, -0.15) is 13.2 Å². The number of alkyl halides is 3. The van der Waals surface area contributed by atoms with Gasteiger partial charge in [0.25, 0.3) is 0 Å². The highest BCUT2D eigenvalue weighted by atomic mass is 32.2. The van der Waals surface area contributed by atoms with E-state index in [1.54, 1.807) is 18.2 Å². The fraction of sp³-hybridized carbons (Fsp3) is 0.214. The van der Waals surface area contributed by atoms with Crippen LogP contribution in [-0.4, -0.2) is 4.98 Å². The molecule has 2 nitrogen and oxygen atoms in total. The number of halogens is 4. The molecule has 0 aliphatic heterocycles. The van der Waals surface area contributed by atoms with Crippen molar-refractivity contribution >= 4 is 11.8 Å². The van der Waals surface area contributed by atoms with Crippen LogP contribution in [-0.2, 0) is 18.5 Å². The first-order valence-electron chi connectivity index (χ1n) is 6.04. The molecule has 0 bridgehead atoms. The minimum absolute atomic E-state index is 0.100.